The Bertz CT molecular complexity index is 2220. The molecule has 0 aliphatic carbocycles. The summed E-state index contributed by atoms with van der Waals surface area (Å²) in [4.78, 5) is 5.88. The van der Waals surface area contributed by atoms with Gasteiger partial charge in [0.25, 0.3) is 0 Å². The molecular weight excluding hydrogens is 505 g/mol. The fraction of sp³-hybridized carbons (Fsp3) is 0.0270. The zero-order valence-corrected chi connectivity index (χ0v) is 22.5. The van der Waals surface area contributed by atoms with Crippen LogP contribution < -0.4 is 4.90 Å². The highest BCUT2D eigenvalue weighted by Gasteiger charge is 2.18. The molecule has 0 aliphatic rings. The highest BCUT2D eigenvalue weighted by Crippen LogP contribution is 2.41. The van der Waals surface area contributed by atoms with Gasteiger partial charge in [-0.3, -0.25) is 0 Å². The molecule has 196 valence electrons. The molecule has 0 aliphatic heterocycles. The lowest BCUT2D eigenvalue weighted by atomic mass is 10.1. The van der Waals surface area contributed by atoms with Crippen molar-refractivity contribution in [2.75, 3.05) is 4.90 Å². The van der Waals surface area contributed by atoms with Crippen molar-refractivity contribution in [1.29, 1.82) is 0 Å². The third-order valence-electron chi connectivity index (χ3n) is 8.04. The number of para-hydroxylation sites is 2. The van der Waals surface area contributed by atoms with Crippen LogP contribution >= 0.6 is 0 Å². The van der Waals surface area contributed by atoms with Crippen LogP contribution in [0.1, 0.15) is 5.56 Å². The summed E-state index contributed by atoms with van der Waals surface area (Å²) < 4.78 is 16.0. The van der Waals surface area contributed by atoms with Crippen LogP contribution in [0.3, 0.4) is 0 Å². The van der Waals surface area contributed by atoms with E-state index in [4.69, 9.17) is 0 Å². The molecule has 0 spiro atoms. The number of nitrogens with one attached hydrogen (secondary N) is 1. The van der Waals surface area contributed by atoms with Gasteiger partial charge in [0.05, 0.1) is 11.0 Å². The molecule has 0 radical (unpaired) electrons. The van der Waals surface area contributed by atoms with Crippen molar-refractivity contribution in [3.8, 4) is 5.69 Å². The van der Waals surface area contributed by atoms with E-state index in [-0.39, 0.29) is 5.82 Å². The number of H-pyrrole nitrogens is 1. The van der Waals surface area contributed by atoms with E-state index in [1.54, 1.807) is 0 Å². The summed E-state index contributed by atoms with van der Waals surface area (Å²) in [5.41, 5.74) is 9.84. The van der Waals surface area contributed by atoms with Gasteiger partial charge in [0.1, 0.15) is 5.82 Å². The lowest BCUT2D eigenvalue weighted by Crippen LogP contribution is -2.10. The molecule has 41 heavy (non-hydrogen) atoms. The minimum Gasteiger partial charge on any atom is -0.355 e. The molecule has 4 heteroatoms. The molecule has 0 saturated carbocycles. The summed E-state index contributed by atoms with van der Waals surface area (Å²) in [5.74, 6) is -0.238. The molecule has 2 heterocycles. The summed E-state index contributed by atoms with van der Waals surface area (Å²) in [7, 11) is 0. The van der Waals surface area contributed by atoms with Gasteiger partial charge in [-0.15, -0.1) is 0 Å². The van der Waals surface area contributed by atoms with Crippen LogP contribution in [0.15, 0.2) is 133 Å². The largest absolute Gasteiger partial charge is 0.355 e. The Kier molecular flexibility index (Phi) is 5.22. The number of nitrogens with zero attached hydrogens (tertiary/aromatic N) is 2. The van der Waals surface area contributed by atoms with E-state index in [0.29, 0.717) is 0 Å². The Hall–Kier alpha value is -5.35. The summed E-state index contributed by atoms with van der Waals surface area (Å²) in [6.07, 6.45) is 0. The second kappa shape index (κ2) is 9.10. The summed E-state index contributed by atoms with van der Waals surface area (Å²) in [6.45, 7) is 2.11. The predicted octanol–water partition coefficient (Wildman–Crippen LogP) is 10.3. The van der Waals surface area contributed by atoms with E-state index in [9.17, 15) is 4.39 Å². The summed E-state index contributed by atoms with van der Waals surface area (Å²) >= 11 is 0. The number of hydrogen-bond acceptors (Lipinski definition) is 1. The van der Waals surface area contributed by atoms with Gasteiger partial charge in [-0.25, -0.2) is 4.39 Å². The molecule has 6 aromatic carbocycles. The first-order valence-electron chi connectivity index (χ1n) is 13.8. The van der Waals surface area contributed by atoms with E-state index in [1.165, 1.54) is 28.5 Å². The van der Waals surface area contributed by atoms with Crippen LogP contribution in [0, 0.1) is 12.7 Å². The molecule has 0 saturated heterocycles. The molecular formula is C37H26FN3. The third kappa shape index (κ3) is 3.80. The number of aryl methyl sites for hydroxylation is 1. The molecule has 0 unspecified atom stereocenters. The topological polar surface area (TPSA) is 24.0 Å². The molecule has 8 rings (SSSR count). The average Bonchev–Trinajstić information content (AvgIpc) is 3.54. The first kappa shape index (κ1) is 23.5. The minimum atomic E-state index is -0.238. The summed E-state index contributed by atoms with van der Waals surface area (Å²) in [6, 6.07) is 45.5. The van der Waals surface area contributed by atoms with Crippen molar-refractivity contribution in [3.05, 3.63) is 145 Å². The average molecular weight is 532 g/mol. The Morgan fingerprint density at radius 1 is 0.537 bits per heavy atom. The lowest BCUT2D eigenvalue weighted by molar-refractivity contribution is 0.627. The van der Waals surface area contributed by atoms with Crippen LogP contribution in [-0.2, 0) is 0 Å². The van der Waals surface area contributed by atoms with Crippen LogP contribution in [0.2, 0.25) is 0 Å². The monoisotopic (exact) mass is 531 g/mol. The van der Waals surface area contributed by atoms with Crippen molar-refractivity contribution in [2.24, 2.45) is 0 Å². The van der Waals surface area contributed by atoms with Crippen molar-refractivity contribution in [2.45, 2.75) is 6.92 Å². The standard InChI is InChI=1S/C37H26FN3/c1-24-10-14-26(15-11-24)40(28-18-20-35-32(22-28)30-6-2-4-8-34(30)39-35)29-19-21-37-33(23-29)31-7-3-5-9-36(31)41(37)27-16-12-25(38)13-17-27/h2-23,39H,1H3. The number of benzene rings is 6. The van der Waals surface area contributed by atoms with Gasteiger partial charge in [-0.05, 0) is 91.9 Å². The maximum Gasteiger partial charge on any atom is 0.123 e. The Labute approximate surface area is 236 Å². The Balaban J connectivity index is 1.37. The Morgan fingerprint density at radius 3 is 1.95 bits per heavy atom. The maximum absolute atomic E-state index is 13.8. The minimum absolute atomic E-state index is 0.238. The van der Waals surface area contributed by atoms with E-state index < -0.39 is 0 Å². The van der Waals surface area contributed by atoms with Gasteiger partial charge in [-0.1, -0.05) is 54.1 Å². The molecule has 8 aromatic rings. The second-order valence-corrected chi connectivity index (χ2v) is 10.6. The van der Waals surface area contributed by atoms with Crippen LogP contribution in [0.4, 0.5) is 21.5 Å². The number of anilines is 3. The molecule has 0 amide bonds. The van der Waals surface area contributed by atoms with E-state index in [0.717, 1.165) is 55.6 Å². The first-order chi connectivity index (χ1) is 20.1. The maximum atomic E-state index is 13.8. The zero-order valence-electron chi connectivity index (χ0n) is 22.5. The molecule has 0 atom stereocenters. The lowest BCUT2D eigenvalue weighted by Gasteiger charge is -2.26. The van der Waals surface area contributed by atoms with Gasteiger partial charge < -0.3 is 14.5 Å². The van der Waals surface area contributed by atoms with Gasteiger partial charge in [0.15, 0.2) is 0 Å². The molecule has 2 aromatic heterocycles. The van der Waals surface area contributed by atoms with E-state index in [2.05, 4.69) is 131 Å². The van der Waals surface area contributed by atoms with E-state index >= 15 is 0 Å². The van der Waals surface area contributed by atoms with Gasteiger partial charge in [-0.2, -0.15) is 0 Å². The van der Waals surface area contributed by atoms with Gasteiger partial charge >= 0.3 is 0 Å². The van der Waals surface area contributed by atoms with Gasteiger partial charge in [0.2, 0.25) is 0 Å². The second-order valence-electron chi connectivity index (χ2n) is 10.6. The number of fused-ring (bicyclic) bond motifs is 6. The van der Waals surface area contributed by atoms with Crippen molar-refractivity contribution >= 4 is 60.7 Å². The number of aromatic nitrogens is 2. The molecule has 3 nitrogen and oxygen atoms in total. The van der Waals surface area contributed by atoms with Crippen molar-refractivity contribution in [3.63, 3.8) is 0 Å². The SMILES string of the molecule is Cc1ccc(N(c2ccc3[nH]c4ccccc4c3c2)c2ccc3c(c2)c2ccccc2n3-c2ccc(F)cc2)cc1. The first-order valence-corrected chi connectivity index (χ1v) is 13.8. The summed E-state index contributed by atoms with van der Waals surface area (Å²) in [5, 5.41) is 4.72. The molecule has 0 fully saturated rings. The molecule has 1 N–H and O–H groups in total. The van der Waals surface area contributed by atoms with Gasteiger partial charge in [0, 0.05) is 55.3 Å². The highest BCUT2D eigenvalue weighted by atomic mass is 19.1. The van der Waals surface area contributed by atoms with Crippen molar-refractivity contribution in [1.82, 2.24) is 9.55 Å². The fourth-order valence-electron chi connectivity index (χ4n) is 6.08. The number of hydrogen-bond donors (Lipinski definition) is 1. The van der Waals surface area contributed by atoms with Crippen LogP contribution in [0.25, 0.3) is 49.3 Å². The van der Waals surface area contributed by atoms with Crippen LogP contribution in [0.5, 0.6) is 0 Å². The smallest absolute Gasteiger partial charge is 0.123 e. The fourth-order valence-corrected chi connectivity index (χ4v) is 6.08. The van der Waals surface area contributed by atoms with E-state index in [1.807, 2.05) is 12.1 Å². The number of aromatic amines is 1. The predicted molar refractivity (Wildman–Crippen MR) is 170 cm³/mol. The zero-order chi connectivity index (χ0) is 27.5. The highest BCUT2D eigenvalue weighted by molar-refractivity contribution is 6.11. The van der Waals surface area contributed by atoms with Crippen molar-refractivity contribution < 1.29 is 4.39 Å². The third-order valence-corrected chi connectivity index (χ3v) is 8.04. The normalized spacial score (nSPS) is 11.7. The Morgan fingerprint density at radius 2 is 1.15 bits per heavy atom. The molecule has 0 bridgehead atoms. The number of rotatable bonds is 4. The quantitative estimate of drug-likeness (QED) is 0.240. The number of halogens is 1. The van der Waals surface area contributed by atoms with Crippen LogP contribution in [-0.4, -0.2) is 9.55 Å².